The van der Waals surface area contributed by atoms with E-state index in [-0.39, 0.29) is 0 Å². The zero-order chi connectivity index (χ0) is 13.7. The number of alkyl halides is 1. The number of aryl methyl sites for hydroxylation is 1. The third-order valence-corrected chi connectivity index (χ3v) is 4.41. The van der Waals surface area contributed by atoms with Gasteiger partial charge in [0.25, 0.3) is 0 Å². The van der Waals surface area contributed by atoms with Crippen molar-refractivity contribution in [3.63, 3.8) is 0 Å². The molecule has 0 amide bonds. The van der Waals surface area contributed by atoms with Crippen molar-refractivity contribution in [2.24, 2.45) is 0 Å². The zero-order valence-electron chi connectivity index (χ0n) is 11.6. The largest absolute Gasteiger partial charge is 0.493 e. The lowest BCUT2D eigenvalue weighted by molar-refractivity contribution is 0.312. The Labute approximate surface area is 123 Å². The zero-order valence-corrected chi connectivity index (χ0v) is 13.2. The minimum absolute atomic E-state index is 0.534. The lowest BCUT2D eigenvalue weighted by Gasteiger charge is -2.11. The van der Waals surface area contributed by atoms with Gasteiger partial charge in [-0.1, -0.05) is 42.3 Å². The predicted molar refractivity (Wildman–Crippen MR) is 83.3 cm³/mol. The molecule has 2 aromatic rings. The number of hydrogen-bond acceptors (Lipinski definition) is 2. The van der Waals surface area contributed by atoms with Crippen LogP contribution in [0.15, 0.2) is 28.9 Å². The SMILES string of the molecule is CCCc1ccc(OCCC(Br)CC)c2ccoc12. The Morgan fingerprint density at radius 2 is 2.11 bits per heavy atom. The lowest BCUT2D eigenvalue weighted by Crippen LogP contribution is -2.05. The van der Waals surface area contributed by atoms with Crippen LogP contribution in [0.25, 0.3) is 11.0 Å². The molecule has 0 aliphatic rings. The van der Waals surface area contributed by atoms with Gasteiger partial charge in [0, 0.05) is 4.83 Å². The van der Waals surface area contributed by atoms with Crippen LogP contribution in [0.2, 0.25) is 0 Å². The summed E-state index contributed by atoms with van der Waals surface area (Å²) < 4.78 is 11.5. The predicted octanol–water partition coefficient (Wildman–Crippen LogP) is 5.33. The summed E-state index contributed by atoms with van der Waals surface area (Å²) in [6.07, 6.45) is 6.06. The standard InChI is InChI=1S/C16H21BrO2/c1-3-5-12-6-7-15(14-9-11-19-16(12)14)18-10-8-13(17)4-2/h6-7,9,11,13H,3-5,8,10H2,1-2H3. The molecular formula is C16H21BrO2. The number of rotatable bonds is 7. The highest BCUT2D eigenvalue weighted by molar-refractivity contribution is 9.09. The van der Waals surface area contributed by atoms with Gasteiger partial charge in [-0.2, -0.15) is 0 Å². The van der Waals surface area contributed by atoms with Crippen molar-refractivity contribution in [3.8, 4) is 5.75 Å². The number of benzene rings is 1. The van der Waals surface area contributed by atoms with Crippen LogP contribution in [-0.2, 0) is 6.42 Å². The van der Waals surface area contributed by atoms with Gasteiger partial charge in [-0.3, -0.25) is 0 Å². The normalized spacial score (nSPS) is 12.8. The van der Waals surface area contributed by atoms with E-state index in [1.54, 1.807) is 6.26 Å². The van der Waals surface area contributed by atoms with Crippen molar-refractivity contribution in [2.45, 2.75) is 44.4 Å². The van der Waals surface area contributed by atoms with E-state index in [1.165, 1.54) is 5.56 Å². The van der Waals surface area contributed by atoms with Crippen LogP contribution in [0.5, 0.6) is 5.75 Å². The third-order valence-electron chi connectivity index (χ3n) is 3.31. The van der Waals surface area contributed by atoms with Crippen LogP contribution < -0.4 is 4.74 Å². The van der Waals surface area contributed by atoms with Gasteiger partial charge in [-0.05, 0) is 37.0 Å². The van der Waals surface area contributed by atoms with Crippen molar-refractivity contribution >= 4 is 26.9 Å². The molecule has 0 spiro atoms. The van der Waals surface area contributed by atoms with Crippen molar-refractivity contribution in [1.82, 2.24) is 0 Å². The smallest absolute Gasteiger partial charge is 0.140 e. The molecule has 0 fully saturated rings. The first kappa shape index (κ1) is 14.4. The molecule has 0 aliphatic carbocycles. The summed E-state index contributed by atoms with van der Waals surface area (Å²) in [5, 5.41) is 1.09. The maximum Gasteiger partial charge on any atom is 0.140 e. The van der Waals surface area contributed by atoms with E-state index in [0.717, 1.165) is 49.0 Å². The van der Waals surface area contributed by atoms with E-state index in [1.807, 2.05) is 6.07 Å². The Bertz CT molecular complexity index is 518. The number of hydrogen-bond donors (Lipinski definition) is 0. The first-order valence-electron chi connectivity index (χ1n) is 7.02. The minimum Gasteiger partial charge on any atom is -0.493 e. The maximum absolute atomic E-state index is 5.89. The van der Waals surface area contributed by atoms with E-state index in [4.69, 9.17) is 9.15 Å². The summed E-state index contributed by atoms with van der Waals surface area (Å²) >= 11 is 3.63. The van der Waals surface area contributed by atoms with Crippen LogP contribution in [0.3, 0.4) is 0 Å². The molecule has 19 heavy (non-hydrogen) atoms. The Morgan fingerprint density at radius 1 is 1.26 bits per heavy atom. The van der Waals surface area contributed by atoms with Gasteiger partial charge in [0.15, 0.2) is 0 Å². The van der Waals surface area contributed by atoms with Gasteiger partial charge < -0.3 is 9.15 Å². The Balaban J connectivity index is 2.11. The monoisotopic (exact) mass is 324 g/mol. The van der Waals surface area contributed by atoms with Crippen LogP contribution in [0.4, 0.5) is 0 Å². The Hall–Kier alpha value is -0.960. The lowest BCUT2D eigenvalue weighted by atomic mass is 10.1. The molecule has 1 atom stereocenters. The first-order valence-corrected chi connectivity index (χ1v) is 7.93. The topological polar surface area (TPSA) is 22.4 Å². The van der Waals surface area contributed by atoms with E-state index in [0.29, 0.717) is 4.83 Å². The molecular weight excluding hydrogens is 304 g/mol. The highest BCUT2D eigenvalue weighted by Crippen LogP contribution is 2.30. The molecule has 1 heterocycles. The van der Waals surface area contributed by atoms with Crippen molar-refractivity contribution < 1.29 is 9.15 Å². The second-order valence-corrected chi connectivity index (χ2v) is 6.07. The summed E-state index contributed by atoms with van der Waals surface area (Å²) in [6, 6.07) is 6.18. The van der Waals surface area contributed by atoms with E-state index in [2.05, 4.69) is 41.9 Å². The Kier molecular flexibility index (Phi) is 5.32. The minimum atomic E-state index is 0.534. The molecule has 1 aromatic heterocycles. The molecule has 0 aliphatic heterocycles. The molecule has 0 saturated heterocycles. The molecule has 0 bridgehead atoms. The van der Waals surface area contributed by atoms with E-state index >= 15 is 0 Å². The van der Waals surface area contributed by atoms with Gasteiger partial charge in [0.05, 0.1) is 18.3 Å². The van der Waals surface area contributed by atoms with Crippen LogP contribution in [0, 0.1) is 0 Å². The van der Waals surface area contributed by atoms with Gasteiger partial charge in [-0.15, -0.1) is 0 Å². The van der Waals surface area contributed by atoms with Crippen molar-refractivity contribution in [2.75, 3.05) is 6.61 Å². The third kappa shape index (κ3) is 3.53. The van der Waals surface area contributed by atoms with Crippen LogP contribution in [0.1, 0.15) is 38.7 Å². The molecule has 2 nitrogen and oxygen atoms in total. The fourth-order valence-electron chi connectivity index (χ4n) is 2.19. The summed E-state index contributed by atoms with van der Waals surface area (Å²) in [4.78, 5) is 0.534. The number of fused-ring (bicyclic) bond motifs is 1. The summed E-state index contributed by atoms with van der Waals surface area (Å²) in [6.45, 7) is 5.09. The second-order valence-electron chi connectivity index (χ2n) is 4.78. The first-order chi connectivity index (χ1) is 9.26. The summed E-state index contributed by atoms with van der Waals surface area (Å²) in [7, 11) is 0. The van der Waals surface area contributed by atoms with Crippen molar-refractivity contribution in [1.29, 1.82) is 0 Å². The molecule has 2 rings (SSSR count). The fourth-order valence-corrected chi connectivity index (χ4v) is 2.37. The van der Waals surface area contributed by atoms with Gasteiger partial charge in [-0.25, -0.2) is 0 Å². The van der Waals surface area contributed by atoms with Crippen LogP contribution in [-0.4, -0.2) is 11.4 Å². The quantitative estimate of drug-likeness (QED) is 0.642. The van der Waals surface area contributed by atoms with E-state index in [9.17, 15) is 0 Å². The summed E-state index contributed by atoms with van der Waals surface area (Å²) in [5.74, 6) is 0.930. The molecule has 1 aromatic carbocycles. The average molecular weight is 325 g/mol. The van der Waals surface area contributed by atoms with Gasteiger partial charge >= 0.3 is 0 Å². The molecule has 0 saturated carbocycles. The molecule has 1 unspecified atom stereocenters. The number of ether oxygens (including phenoxy) is 1. The summed E-state index contributed by atoms with van der Waals surface area (Å²) in [5.41, 5.74) is 2.24. The second kappa shape index (κ2) is 6.99. The molecule has 3 heteroatoms. The van der Waals surface area contributed by atoms with Crippen LogP contribution >= 0.6 is 15.9 Å². The highest BCUT2D eigenvalue weighted by Gasteiger charge is 2.10. The highest BCUT2D eigenvalue weighted by atomic mass is 79.9. The molecule has 0 N–H and O–H groups in total. The Morgan fingerprint density at radius 3 is 2.84 bits per heavy atom. The molecule has 0 radical (unpaired) electrons. The van der Waals surface area contributed by atoms with Crippen molar-refractivity contribution in [3.05, 3.63) is 30.0 Å². The fraction of sp³-hybridized carbons (Fsp3) is 0.500. The maximum atomic E-state index is 5.89. The molecule has 104 valence electrons. The average Bonchev–Trinajstić information content (AvgIpc) is 2.90. The number of furan rings is 1. The number of halogens is 1. The van der Waals surface area contributed by atoms with E-state index < -0.39 is 0 Å². The van der Waals surface area contributed by atoms with Gasteiger partial charge in [0.2, 0.25) is 0 Å². The van der Waals surface area contributed by atoms with Gasteiger partial charge in [0.1, 0.15) is 11.3 Å².